The van der Waals surface area contributed by atoms with E-state index in [0.29, 0.717) is 55.2 Å². The first kappa shape index (κ1) is 21.9. The van der Waals surface area contributed by atoms with Crippen molar-refractivity contribution in [3.63, 3.8) is 0 Å². The van der Waals surface area contributed by atoms with Crippen LogP contribution in [-0.4, -0.2) is 46.1 Å². The van der Waals surface area contributed by atoms with Gasteiger partial charge in [0.2, 0.25) is 0 Å². The third kappa shape index (κ3) is 4.37. The summed E-state index contributed by atoms with van der Waals surface area (Å²) in [6, 6.07) is 8.13. The summed E-state index contributed by atoms with van der Waals surface area (Å²) >= 11 is -1.49. The molecule has 2 aromatic carbocycles. The van der Waals surface area contributed by atoms with Crippen molar-refractivity contribution in [2.24, 2.45) is 0 Å². The van der Waals surface area contributed by atoms with Gasteiger partial charge in [0.25, 0.3) is 0 Å². The van der Waals surface area contributed by atoms with Gasteiger partial charge in [0, 0.05) is 18.8 Å². The highest BCUT2D eigenvalue weighted by molar-refractivity contribution is 7.89. The Hall–Kier alpha value is -2.30. The molecule has 1 saturated heterocycles. The maximum atomic E-state index is 13.9. The van der Waals surface area contributed by atoms with Crippen molar-refractivity contribution in [1.82, 2.24) is 4.31 Å². The van der Waals surface area contributed by atoms with E-state index < -0.39 is 40.8 Å². The van der Waals surface area contributed by atoms with Crippen LogP contribution >= 0.6 is 0 Å². The van der Waals surface area contributed by atoms with Gasteiger partial charge in [-0.25, -0.2) is 4.39 Å². The molecule has 2 unspecified atom stereocenters. The Kier molecular flexibility index (Phi) is 5.89. The maximum absolute atomic E-state index is 13.9. The first-order valence-corrected chi connectivity index (χ1v) is 10.9. The Morgan fingerprint density at radius 1 is 1.10 bits per heavy atom. The van der Waals surface area contributed by atoms with Crippen LogP contribution in [0.1, 0.15) is 29.0 Å². The average Bonchev–Trinajstić information content (AvgIpc) is 3.16. The van der Waals surface area contributed by atoms with Crippen LogP contribution in [0, 0.1) is 5.82 Å². The number of nitrogens with zero attached hydrogens (tertiary/aromatic N) is 2. The molecule has 0 amide bonds. The van der Waals surface area contributed by atoms with E-state index in [1.165, 1.54) is 6.07 Å². The van der Waals surface area contributed by atoms with E-state index in [2.05, 4.69) is 0 Å². The van der Waals surface area contributed by atoms with Crippen LogP contribution in [-0.2, 0) is 28.8 Å². The second-order valence-corrected chi connectivity index (χ2v) is 9.10. The number of anilines is 1. The van der Waals surface area contributed by atoms with Crippen molar-refractivity contribution in [1.29, 1.82) is 0 Å². The molecule has 5 nitrogen and oxygen atoms in total. The highest BCUT2D eigenvalue weighted by Crippen LogP contribution is 2.36. The summed E-state index contributed by atoms with van der Waals surface area (Å²) in [6.07, 6.45) is -3.53. The number of carboxylic acids is 1. The maximum Gasteiger partial charge on any atom is 0.419 e. The lowest BCUT2D eigenvalue weighted by atomic mass is 10.0. The van der Waals surface area contributed by atoms with E-state index in [9.17, 15) is 32.0 Å². The molecule has 0 saturated carbocycles. The van der Waals surface area contributed by atoms with E-state index >= 15 is 0 Å². The monoisotopic (exact) mass is 456 g/mol. The molecule has 31 heavy (non-hydrogen) atoms. The van der Waals surface area contributed by atoms with Crippen molar-refractivity contribution in [2.45, 2.75) is 29.8 Å². The fraction of sp³-hybridized carbons (Fsp3) is 0.381. The molecule has 0 bridgehead atoms. The largest absolute Gasteiger partial charge is 0.593 e. The van der Waals surface area contributed by atoms with Crippen LogP contribution in [0.4, 0.5) is 23.2 Å². The standard InChI is InChI=1S/C21H20F4N2O3S/c22-19-11-14(3-6-18(19)21(23,24)25)26-7-9-27(10-8-26)31(30)15-4-1-13-2-5-16(20(28)29)17(13)12-15/h1,3-4,6,11-12,16H,2,5,7-10H2,(H,28,29). The van der Waals surface area contributed by atoms with Crippen LogP contribution < -0.4 is 4.90 Å². The number of carboxylic acid groups (broad SMARTS) is 1. The molecule has 166 valence electrons. The van der Waals surface area contributed by atoms with E-state index in [-0.39, 0.29) is 0 Å². The van der Waals surface area contributed by atoms with Gasteiger partial charge in [-0.1, -0.05) is 6.07 Å². The third-order valence-electron chi connectivity index (χ3n) is 5.79. The zero-order valence-corrected chi connectivity index (χ0v) is 17.2. The zero-order chi connectivity index (χ0) is 22.3. The predicted molar refractivity (Wildman–Crippen MR) is 107 cm³/mol. The molecule has 4 rings (SSSR count). The summed E-state index contributed by atoms with van der Waals surface area (Å²) in [5, 5.41) is 9.38. The molecule has 1 aliphatic heterocycles. The van der Waals surface area contributed by atoms with Crippen LogP contribution in [0.5, 0.6) is 0 Å². The quantitative estimate of drug-likeness (QED) is 0.560. The number of hydrogen-bond donors (Lipinski definition) is 1. The summed E-state index contributed by atoms with van der Waals surface area (Å²) in [5.41, 5.74) is 0.713. The molecule has 10 heteroatoms. The lowest BCUT2D eigenvalue weighted by Crippen LogP contribution is -2.48. The number of fused-ring (bicyclic) bond motifs is 1. The fourth-order valence-electron chi connectivity index (χ4n) is 4.14. The minimum atomic E-state index is -4.74. The van der Waals surface area contributed by atoms with Crippen LogP contribution in [0.3, 0.4) is 0 Å². The predicted octanol–water partition coefficient (Wildman–Crippen LogP) is 3.80. The molecule has 0 radical (unpaired) electrons. The molecule has 2 atom stereocenters. The summed E-state index contributed by atoms with van der Waals surface area (Å²) in [5.74, 6) is -2.79. The summed E-state index contributed by atoms with van der Waals surface area (Å²) in [7, 11) is 0. The summed E-state index contributed by atoms with van der Waals surface area (Å²) in [4.78, 5) is 13.7. The number of aliphatic carboxylic acids is 1. The second kappa shape index (κ2) is 8.33. The number of halogens is 4. The molecule has 2 aliphatic rings. The molecule has 1 heterocycles. The highest BCUT2D eigenvalue weighted by Gasteiger charge is 2.35. The Labute approximate surface area is 179 Å². The van der Waals surface area contributed by atoms with Crippen LogP contribution in [0.25, 0.3) is 0 Å². The van der Waals surface area contributed by atoms with Gasteiger partial charge >= 0.3 is 12.1 Å². The number of hydrogen-bond acceptors (Lipinski definition) is 4. The van der Waals surface area contributed by atoms with E-state index in [1.807, 2.05) is 6.07 Å². The molecule has 1 N–H and O–H groups in total. The van der Waals surface area contributed by atoms with Crippen molar-refractivity contribution in [2.75, 3.05) is 31.1 Å². The average molecular weight is 456 g/mol. The lowest BCUT2D eigenvalue weighted by molar-refractivity contribution is -0.140. The number of piperazine rings is 1. The Morgan fingerprint density at radius 3 is 2.42 bits per heavy atom. The second-order valence-electron chi connectivity index (χ2n) is 7.62. The molecule has 1 fully saturated rings. The SMILES string of the molecule is O=C(O)C1CCc2ccc([S+]([O-])N3CCN(c4ccc(C(F)(F)F)c(F)c4)CC3)cc21. The minimum Gasteiger partial charge on any atom is -0.593 e. The number of benzene rings is 2. The zero-order valence-electron chi connectivity index (χ0n) is 16.4. The molecule has 1 aliphatic carbocycles. The van der Waals surface area contributed by atoms with Crippen molar-refractivity contribution >= 4 is 23.0 Å². The van der Waals surface area contributed by atoms with Gasteiger partial charge in [-0.2, -0.15) is 13.2 Å². The van der Waals surface area contributed by atoms with E-state index in [1.54, 1.807) is 21.3 Å². The van der Waals surface area contributed by atoms with Crippen molar-refractivity contribution < 1.29 is 32.0 Å². The summed E-state index contributed by atoms with van der Waals surface area (Å²) < 4.78 is 66.9. The van der Waals surface area contributed by atoms with Gasteiger partial charge in [0.1, 0.15) is 5.82 Å². The van der Waals surface area contributed by atoms with Gasteiger partial charge in [0.15, 0.2) is 4.90 Å². The molecular formula is C21H20F4N2O3S. The minimum absolute atomic E-state index is 0.345. The summed E-state index contributed by atoms with van der Waals surface area (Å²) in [6.45, 7) is 1.49. The van der Waals surface area contributed by atoms with Gasteiger partial charge < -0.3 is 14.6 Å². The Bertz CT molecular complexity index is 993. The highest BCUT2D eigenvalue weighted by atomic mass is 32.2. The Morgan fingerprint density at radius 2 is 1.81 bits per heavy atom. The molecule has 2 aromatic rings. The van der Waals surface area contributed by atoms with Gasteiger partial charge in [-0.3, -0.25) is 4.79 Å². The molecule has 0 spiro atoms. The number of rotatable bonds is 4. The van der Waals surface area contributed by atoms with Gasteiger partial charge in [-0.05, 0) is 54.3 Å². The van der Waals surface area contributed by atoms with Crippen molar-refractivity contribution in [3.8, 4) is 0 Å². The third-order valence-corrected chi connectivity index (χ3v) is 7.28. The van der Waals surface area contributed by atoms with E-state index in [4.69, 9.17) is 0 Å². The number of aryl methyl sites for hydroxylation is 1. The Balaban J connectivity index is 1.43. The molecule has 0 aromatic heterocycles. The van der Waals surface area contributed by atoms with Crippen LogP contribution in [0.2, 0.25) is 0 Å². The number of alkyl halides is 3. The van der Waals surface area contributed by atoms with E-state index in [0.717, 1.165) is 17.7 Å². The lowest BCUT2D eigenvalue weighted by Gasteiger charge is -2.35. The fourth-order valence-corrected chi connectivity index (χ4v) is 5.34. The first-order valence-electron chi connectivity index (χ1n) is 9.79. The topological polar surface area (TPSA) is 66.8 Å². The van der Waals surface area contributed by atoms with Crippen LogP contribution in [0.15, 0.2) is 41.3 Å². The number of carbonyl (C=O) groups is 1. The first-order chi connectivity index (χ1) is 14.6. The van der Waals surface area contributed by atoms with Gasteiger partial charge in [-0.15, -0.1) is 4.31 Å². The van der Waals surface area contributed by atoms with Crippen molar-refractivity contribution in [3.05, 3.63) is 58.9 Å². The smallest absolute Gasteiger partial charge is 0.419 e. The van der Waals surface area contributed by atoms with Gasteiger partial charge in [0.05, 0.1) is 35.9 Å². The molecular weight excluding hydrogens is 436 g/mol. The normalized spacial score (nSPS) is 20.5.